The molecule has 0 radical (unpaired) electrons. The topological polar surface area (TPSA) is 35.6 Å². The average Bonchev–Trinajstić information content (AvgIpc) is 3.76. The second-order valence-electron chi connectivity index (χ2n) is 11.4. The highest BCUT2D eigenvalue weighted by molar-refractivity contribution is 7.26. The molecule has 10 aromatic rings. The monoisotopic (exact) mass is 592 g/mol. The summed E-state index contributed by atoms with van der Waals surface area (Å²) in [5.74, 6) is 1.64. The SMILES string of the molecule is c1ccc(-c2nc(-n3c4ccccc4c4ccc5c(c6ccccc6n5-c5ccccc5)c43)c3sc4ccccc4c3n2)cc1. The molecule has 0 atom stereocenters. The molecule has 4 heterocycles. The Morgan fingerprint density at radius 3 is 1.91 bits per heavy atom. The summed E-state index contributed by atoms with van der Waals surface area (Å²) in [7, 11) is 0. The Balaban J connectivity index is 1.44. The van der Waals surface area contributed by atoms with E-state index in [0.29, 0.717) is 0 Å². The fourth-order valence-electron chi connectivity index (χ4n) is 7.03. The van der Waals surface area contributed by atoms with Crippen LogP contribution in [0.3, 0.4) is 0 Å². The summed E-state index contributed by atoms with van der Waals surface area (Å²) in [6.45, 7) is 0. The summed E-state index contributed by atoms with van der Waals surface area (Å²) < 4.78 is 7.08. The van der Waals surface area contributed by atoms with Crippen molar-refractivity contribution in [1.29, 1.82) is 0 Å². The molecule has 4 nitrogen and oxygen atoms in total. The molecule has 10 rings (SSSR count). The molecule has 5 heteroatoms. The van der Waals surface area contributed by atoms with E-state index in [1.807, 2.05) is 6.07 Å². The summed E-state index contributed by atoms with van der Waals surface area (Å²) in [5, 5.41) is 6.02. The number of aromatic nitrogens is 4. The molecular weight excluding hydrogens is 569 g/mol. The number of fused-ring (bicyclic) bond motifs is 10. The van der Waals surface area contributed by atoms with Crippen molar-refractivity contribution < 1.29 is 0 Å². The Morgan fingerprint density at radius 2 is 1.11 bits per heavy atom. The summed E-state index contributed by atoms with van der Waals surface area (Å²) in [4.78, 5) is 10.6. The van der Waals surface area contributed by atoms with Gasteiger partial charge in [0.05, 0.1) is 32.3 Å². The maximum absolute atomic E-state index is 5.42. The molecule has 45 heavy (non-hydrogen) atoms. The Bertz CT molecular complexity index is 2750. The number of benzene rings is 6. The summed E-state index contributed by atoms with van der Waals surface area (Å²) in [6, 6.07) is 51.6. The highest BCUT2D eigenvalue weighted by Crippen LogP contribution is 2.44. The summed E-state index contributed by atoms with van der Waals surface area (Å²) >= 11 is 1.77. The van der Waals surface area contributed by atoms with Crippen LogP contribution in [-0.2, 0) is 0 Å². The second kappa shape index (κ2) is 9.36. The normalized spacial score (nSPS) is 12.0. The number of thiophene rings is 1. The third-order valence-electron chi connectivity index (χ3n) is 8.93. The van der Waals surface area contributed by atoms with E-state index in [9.17, 15) is 0 Å². The van der Waals surface area contributed by atoms with Gasteiger partial charge in [-0.05, 0) is 36.4 Å². The lowest BCUT2D eigenvalue weighted by Gasteiger charge is -2.12. The third kappa shape index (κ3) is 3.47. The van der Waals surface area contributed by atoms with E-state index in [1.54, 1.807) is 11.3 Å². The molecule has 0 saturated carbocycles. The minimum absolute atomic E-state index is 0.728. The number of hydrogen-bond acceptors (Lipinski definition) is 3. The molecule has 0 aliphatic heterocycles. The maximum Gasteiger partial charge on any atom is 0.162 e. The van der Waals surface area contributed by atoms with Gasteiger partial charge >= 0.3 is 0 Å². The molecule has 0 fully saturated rings. The van der Waals surface area contributed by atoms with E-state index in [4.69, 9.17) is 9.97 Å². The van der Waals surface area contributed by atoms with Gasteiger partial charge in [-0.3, -0.25) is 4.57 Å². The van der Waals surface area contributed by atoms with Crippen molar-refractivity contribution in [2.24, 2.45) is 0 Å². The standard InChI is InChI=1S/C40H24N4S/c1-3-13-25(14-4-1)39-41-36-30-19-9-12-22-34(30)45-38(36)40(42-39)44-31-20-10-7-17-27(31)28-23-24-33-35(37(28)44)29-18-8-11-21-32(29)43(33)26-15-5-2-6-16-26/h1-24H. The van der Waals surface area contributed by atoms with Crippen LogP contribution in [0.5, 0.6) is 0 Å². The zero-order chi connectivity index (χ0) is 29.5. The molecule has 0 unspecified atom stereocenters. The van der Waals surface area contributed by atoms with Gasteiger partial charge in [-0.2, -0.15) is 0 Å². The molecule has 6 aromatic carbocycles. The Labute approximate surface area is 262 Å². The zero-order valence-corrected chi connectivity index (χ0v) is 24.9. The van der Waals surface area contributed by atoms with Gasteiger partial charge in [0.2, 0.25) is 0 Å². The molecule has 0 saturated heterocycles. The fraction of sp³-hybridized carbons (Fsp3) is 0. The first kappa shape index (κ1) is 24.6. The van der Waals surface area contributed by atoms with Crippen molar-refractivity contribution in [3.8, 4) is 22.9 Å². The second-order valence-corrected chi connectivity index (χ2v) is 12.5. The molecule has 0 amide bonds. The molecule has 0 aliphatic rings. The third-order valence-corrected chi connectivity index (χ3v) is 10.1. The van der Waals surface area contributed by atoms with Gasteiger partial charge in [-0.15, -0.1) is 11.3 Å². The molecule has 4 aromatic heterocycles. The van der Waals surface area contributed by atoms with Crippen molar-refractivity contribution in [1.82, 2.24) is 19.1 Å². The van der Waals surface area contributed by atoms with Crippen LogP contribution in [0.1, 0.15) is 0 Å². The van der Waals surface area contributed by atoms with Gasteiger partial charge in [0, 0.05) is 42.9 Å². The molecule has 0 N–H and O–H groups in total. The van der Waals surface area contributed by atoms with E-state index in [2.05, 4.69) is 149 Å². The van der Waals surface area contributed by atoms with Crippen LogP contribution in [0.15, 0.2) is 146 Å². The van der Waals surface area contributed by atoms with Crippen LogP contribution in [0.4, 0.5) is 0 Å². The van der Waals surface area contributed by atoms with Gasteiger partial charge in [-0.1, -0.05) is 109 Å². The lowest BCUT2D eigenvalue weighted by molar-refractivity contribution is 1.08. The largest absolute Gasteiger partial charge is 0.309 e. The number of nitrogens with zero attached hydrogens (tertiary/aromatic N) is 4. The lowest BCUT2D eigenvalue weighted by Crippen LogP contribution is -2.01. The maximum atomic E-state index is 5.42. The molecule has 210 valence electrons. The van der Waals surface area contributed by atoms with Crippen molar-refractivity contribution in [2.75, 3.05) is 0 Å². The Kier molecular flexibility index (Phi) is 5.12. The molecule has 0 spiro atoms. The van der Waals surface area contributed by atoms with Gasteiger partial charge in [0.15, 0.2) is 11.6 Å². The van der Waals surface area contributed by atoms with E-state index >= 15 is 0 Å². The number of rotatable bonds is 3. The lowest BCUT2D eigenvalue weighted by atomic mass is 10.1. The van der Waals surface area contributed by atoms with Crippen molar-refractivity contribution in [3.63, 3.8) is 0 Å². The summed E-state index contributed by atoms with van der Waals surface area (Å²) in [5.41, 5.74) is 7.79. The van der Waals surface area contributed by atoms with Crippen molar-refractivity contribution in [2.45, 2.75) is 0 Å². The fourth-order valence-corrected chi connectivity index (χ4v) is 8.15. The van der Waals surface area contributed by atoms with Crippen molar-refractivity contribution in [3.05, 3.63) is 146 Å². The van der Waals surface area contributed by atoms with Crippen LogP contribution in [0, 0.1) is 0 Å². The van der Waals surface area contributed by atoms with Crippen LogP contribution in [0.25, 0.3) is 86.8 Å². The first-order valence-electron chi connectivity index (χ1n) is 15.1. The van der Waals surface area contributed by atoms with Crippen LogP contribution in [0.2, 0.25) is 0 Å². The molecule has 0 aliphatic carbocycles. The smallest absolute Gasteiger partial charge is 0.162 e. The van der Waals surface area contributed by atoms with E-state index in [-0.39, 0.29) is 0 Å². The minimum Gasteiger partial charge on any atom is -0.309 e. The van der Waals surface area contributed by atoms with Gasteiger partial charge < -0.3 is 4.57 Å². The number of para-hydroxylation sites is 3. The van der Waals surface area contributed by atoms with Crippen LogP contribution < -0.4 is 0 Å². The van der Waals surface area contributed by atoms with E-state index in [0.717, 1.165) is 49.5 Å². The zero-order valence-electron chi connectivity index (χ0n) is 24.1. The van der Waals surface area contributed by atoms with Gasteiger partial charge in [0.25, 0.3) is 0 Å². The summed E-state index contributed by atoms with van der Waals surface area (Å²) in [6.07, 6.45) is 0. The highest BCUT2D eigenvalue weighted by Gasteiger charge is 2.24. The molecule has 0 bridgehead atoms. The predicted octanol–water partition coefficient (Wildman–Crippen LogP) is 10.7. The minimum atomic E-state index is 0.728. The number of hydrogen-bond donors (Lipinski definition) is 0. The van der Waals surface area contributed by atoms with E-state index in [1.165, 1.54) is 37.3 Å². The quantitative estimate of drug-likeness (QED) is 0.205. The Hall–Kier alpha value is -5.78. The highest BCUT2D eigenvalue weighted by atomic mass is 32.1. The first-order chi connectivity index (χ1) is 22.3. The van der Waals surface area contributed by atoms with Gasteiger partial charge in [0.1, 0.15) is 0 Å². The van der Waals surface area contributed by atoms with Crippen LogP contribution >= 0.6 is 11.3 Å². The van der Waals surface area contributed by atoms with Gasteiger partial charge in [-0.25, -0.2) is 9.97 Å². The van der Waals surface area contributed by atoms with E-state index < -0.39 is 0 Å². The predicted molar refractivity (Wildman–Crippen MR) is 189 cm³/mol. The average molecular weight is 593 g/mol. The first-order valence-corrected chi connectivity index (χ1v) is 15.9. The van der Waals surface area contributed by atoms with Crippen LogP contribution in [-0.4, -0.2) is 19.1 Å². The van der Waals surface area contributed by atoms with Crippen molar-refractivity contribution >= 4 is 75.3 Å². The molecular formula is C40H24N4S. The Morgan fingerprint density at radius 1 is 0.467 bits per heavy atom.